The standard InChI is InChI=1S/C27H30FN3O4S/c1-35-25-12-14-26(15-13-25)36(33,34)31(24-10-8-23(28)9-11-24)20-27(32)29-18-21-6-2-3-7-22(21)19-30-16-4-5-17-30/h2-3,6-15H,4-5,16-20H2,1H3,(H,29,32). The molecule has 0 saturated carbocycles. The fourth-order valence-corrected chi connectivity index (χ4v) is 5.66. The zero-order valence-corrected chi connectivity index (χ0v) is 21.0. The van der Waals surface area contributed by atoms with Crippen LogP contribution in [-0.2, 0) is 27.9 Å². The molecule has 1 heterocycles. The molecule has 0 atom stereocenters. The normalized spacial score (nSPS) is 13.9. The van der Waals surface area contributed by atoms with Gasteiger partial charge in [0.2, 0.25) is 5.91 Å². The van der Waals surface area contributed by atoms with E-state index in [0.29, 0.717) is 5.75 Å². The highest BCUT2D eigenvalue weighted by Gasteiger charge is 2.27. The minimum Gasteiger partial charge on any atom is -0.497 e. The Morgan fingerprint density at radius 3 is 2.25 bits per heavy atom. The number of benzene rings is 3. The van der Waals surface area contributed by atoms with Crippen LogP contribution in [0.4, 0.5) is 10.1 Å². The summed E-state index contributed by atoms with van der Waals surface area (Å²) in [6, 6.07) is 18.8. The van der Waals surface area contributed by atoms with E-state index < -0.39 is 28.3 Å². The van der Waals surface area contributed by atoms with Gasteiger partial charge in [-0.1, -0.05) is 24.3 Å². The fourth-order valence-electron chi connectivity index (χ4n) is 4.24. The van der Waals surface area contributed by atoms with Gasteiger partial charge in [-0.05, 0) is 85.6 Å². The van der Waals surface area contributed by atoms with Crippen LogP contribution < -0.4 is 14.4 Å². The van der Waals surface area contributed by atoms with Crippen LogP contribution in [0.2, 0.25) is 0 Å². The van der Waals surface area contributed by atoms with Gasteiger partial charge in [0, 0.05) is 13.1 Å². The van der Waals surface area contributed by atoms with Crippen LogP contribution in [0.5, 0.6) is 5.75 Å². The van der Waals surface area contributed by atoms with Gasteiger partial charge in [-0.25, -0.2) is 12.8 Å². The molecule has 1 saturated heterocycles. The van der Waals surface area contributed by atoms with Gasteiger partial charge in [0.15, 0.2) is 0 Å². The van der Waals surface area contributed by atoms with Crippen molar-refractivity contribution in [2.24, 2.45) is 0 Å². The third kappa shape index (κ3) is 6.22. The predicted molar refractivity (Wildman–Crippen MR) is 137 cm³/mol. The van der Waals surface area contributed by atoms with E-state index in [0.717, 1.165) is 35.1 Å². The number of sulfonamides is 1. The molecule has 9 heteroatoms. The van der Waals surface area contributed by atoms with Crippen LogP contribution in [-0.4, -0.2) is 46.0 Å². The van der Waals surface area contributed by atoms with Gasteiger partial charge >= 0.3 is 0 Å². The molecule has 3 aromatic carbocycles. The summed E-state index contributed by atoms with van der Waals surface area (Å²) >= 11 is 0. The molecule has 1 aliphatic rings. The fraction of sp³-hybridized carbons (Fsp3) is 0.296. The minimum absolute atomic E-state index is 0.00335. The number of carbonyl (C=O) groups excluding carboxylic acids is 1. The molecule has 1 fully saturated rings. The first-order chi connectivity index (χ1) is 17.4. The van der Waals surface area contributed by atoms with Gasteiger partial charge in [0.25, 0.3) is 10.0 Å². The minimum atomic E-state index is -4.11. The van der Waals surface area contributed by atoms with Gasteiger partial charge in [0.05, 0.1) is 17.7 Å². The molecule has 0 spiro atoms. The molecule has 0 radical (unpaired) electrons. The summed E-state index contributed by atoms with van der Waals surface area (Å²) in [6.45, 7) is 2.78. The summed E-state index contributed by atoms with van der Waals surface area (Å²) in [5, 5.41) is 2.86. The number of hydrogen-bond acceptors (Lipinski definition) is 5. The quantitative estimate of drug-likeness (QED) is 0.446. The number of carbonyl (C=O) groups is 1. The maximum Gasteiger partial charge on any atom is 0.264 e. The molecular weight excluding hydrogens is 481 g/mol. The Hall–Kier alpha value is -3.43. The van der Waals surface area contributed by atoms with Crippen LogP contribution in [0.3, 0.4) is 0 Å². The number of nitrogens with one attached hydrogen (secondary N) is 1. The molecule has 1 amide bonds. The first-order valence-electron chi connectivity index (χ1n) is 11.8. The lowest BCUT2D eigenvalue weighted by molar-refractivity contribution is -0.119. The molecule has 1 aliphatic heterocycles. The number of anilines is 1. The number of nitrogens with zero attached hydrogens (tertiary/aromatic N) is 2. The number of rotatable bonds is 10. The summed E-state index contributed by atoms with van der Waals surface area (Å²) in [6.07, 6.45) is 2.39. The van der Waals surface area contributed by atoms with Crippen molar-refractivity contribution < 1.29 is 22.3 Å². The van der Waals surface area contributed by atoms with Crippen LogP contribution in [0.15, 0.2) is 77.7 Å². The third-order valence-corrected chi connectivity index (χ3v) is 8.02. The molecule has 0 aromatic heterocycles. The summed E-state index contributed by atoms with van der Waals surface area (Å²) in [4.78, 5) is 15.4. The lowest BCUT2D eigenvalue weighted by atomic mass is 10.1. The van der Waals surface area contributed by atoms with Crippen molar-refractivity contribution >= 4 is 21.6 Å². The number of amides is 1. The number of hydrogen-bond donors (Lipinski definition) is 1. The van der Waals surface area contributed by atoms with E-state index in [4.69, 9.17) is 4.74 Å². The van der Waals surface area contributed by atoms with E-state index in [9.17, 15) is 17.6 Å². The zero-order chi connectivity index (χ0) is 25.5. The van der Waals surface area contributed by atoms with Crippen molar-refractivity contribution in [3.05, 3.63) is 89.7 Å². The molecule has 4 rings (SSSR count). The topological polar surface area (TPSA) is 79.0 Å². The van der Waals surface area contributed by atoms with Gasteiger partial charge in [0.1, 0.15) is 18.1 Å². The number of ether oxygens (including phenoxy) is 1. The number of likely N-dealkylation sites (tertiary alicyclic amines) is 1. The van der Waals surface area contributed by atoms with E-state index in [1.807, 2.05) is 18.2 Å². The molecule has 190 valence electrons. The Kier molecular flexibility index (Phi) is 8.22. The Morgan fingerprint density at radius 1 is 0.972 bits per heavy atom. The summed E-state index contributed by atoms with van der Waals surface area (Å²) in [7, 11) is -2.62. The van der Waals surface area contributed by atoms with Gasteiger partial charge in [-0.3, -0.25) is 14.0 Å². The van der Waals surface area contributed by atoms with Gasteiger partial charge in [-0.2, -0.15) is 0 Å². The van der Waals surface area contributed by atoms with E-state index in [2.05, 4.69) is 16.3 Å². The van der Waals surface area contributed by atoms with E-state index in [1.165, 1.54) is 68.5 Å². The Bertz CT molecular complexity index is 1280. The Balaban J connectivity index is 1.51. The van der Waals surface area contributed by atoms with E-state index in [-0.39, 0.29) is 17.1 Å². The Morgan fingerprint density at radius 2 is 1.61 bits per heavy atom. The largest absolute Gasteiger partial charge is 0.497 e. The third-order valence-electron chi connectivity index (χ3n) is 6.24. The highest BCUT2D eigenvalue weighted by atomic mass is 32.2. The van der Waals surface area contributed by atoms with E-state index >= 15 is 0 Å². The van der Waals surface area contributed by atoms with Crippen molar-refractivity contribution in [1.82, 2.24) is 10.2 Å². The first kappa shape index (κ1) is 25.7. The van der Waals surface area contributed by atoms with Crippen molar-refractivity contribution in [2.75, 3.05) is 31.0 Å². The molecular formula is C27H30FN3O4S. The molecule has 0 unspecified atom stereocenters. The molecule has 0 aliphatic carbocycles. The van der Waals surface area contributed by atoms with Crippen LogP contribution in [0, 0.1) is 5.82 Å². The monoisotopic (exact) mass is 511 g/mol. The molecule has 3 aromatic rings. The number of methoxy groups -OCH3 is 1. The van der Waals surface area contributed by atoms with Crippen molar-refractivity contribution in [2.45, 2.75) is 30.8 Å². The molecule has 1 N–H and O–H groups in total. The highest BCUT2D eigenvalue weighted by Crippen LogP contribution is 2.25. The average molecular weight is 512 g/mol. The first-order valence-corrected chi connectivity index (χ1v) is 13.3. The van der Waals surface area contributed by atoms with E-state index in [1.54, 1.807) is 0 Å². The SMILES string of the molecule is COc1ccc(S(=O)(=O)N(CC(=O)NCc2ccccc2CN2CCCC2)c2ccc(F)cc2)cc1. The molecule has 7 nitrogen and oxygen atoms in total. The van der Waals surface area contributed by atoms with Crippen molar-refractivity contribution in [3.63, 3.8) is 0 Å². The van der Waals surface area contributed by atoms with Crippen molar-refractivity contribution in [3.8, 4) is 5.75 Å². The smallest absolute Gasteiger partial charge is 0.264 e. The highest BCUT2D eigenvalue weighted by molar-refractivity contribution is 7.92. The van der Waals surface area contributed by atoms with Gasteiger partial charge < -0.3 is 10.1 Å². The van der Waals surface area contributed by atoms with Crippen molar-refractivity contribution in [1.29, 1.82) is 0 Å². The maximum absolute atomic E-state index is 13.5. The molecule has 36 heavy (non-hydrogen) atoms. The second-order valence-corrected chi connectivity index (χ2v) is 10.6. The summed E-state index contributed by atoms with van der Waals surface area (Å²) in [5.74, 6) is -0.459. The van der Waals surface area contributed by atoms with Crippen LogP contribution in [0.1, 0.15) is 24.0 Å². The predicted octanol–water partition coefficient (Wildman–Crippen LogP) is 3.94. The molecule has 0 bridgehead atoms. The van der Waals surface area contributed by atoms with Gasteiger partial charge in [-0.15, -0.1) is 0 Å². The average Bonchev–Trinajstić information content (AvgIpc) is 3.40. The lowest BCUT2D eigenvalue weighted by Crippen LogP contribution is -2.40. The van der Waals surface area contributed by atoms with Crippen LogP contribution in [0.25, 0.3) is 0 Å². The number of halogens is 1. The second kappa shape index (κ2) is 11.5. The summed E-state index contributed by atoms with van der Waals surface area (Å²) < 4.78 is 46.6. The maximum atomic E-state index is 13.5. The van der Waals surface area contributed by atoms with Crippen LogP contribution >= 0.6 is 0 Å². The Labute approximate surface area is 211 Å². The lowest BCUT2D eigenvalue weighted by Gasteiger charge is -2.24. The second-order valence-electron chi connectivity index (χ2n) is 8.69. The summed E-state index contributed by atoms with van der Waals surface area (Å²) in [5.41, 5.74) is 2.32. The zero-order valence-electron chi connectivity index (χ0n) is 20.2.